The van der Waals surface area contributed by atoms with E-state index in [-0.39, 0.29) is 23.9 Å². The van der Waals surface area contributed by atoms with E-state index in [9.17, 15) is 14.4 Å². The summed E-state index contributed by atoms with van der Waals surface area (Å²) in [6, 6.07) is 11.1. The highest BCUT2D eigenvalue weighted by molar-refractivity contribution is 6.02. The maximum Gasteiger partial charge on any atom is 0.262 e. The van der Waals surface area contributed by atoms with Gasteiger partial charge in [-0.15, -0.1) is 0 Å². The Balaban J connectivity index is 1.69. The molecule has 1 aliphatic heterocycles. The Morgan fingerprint density at radius 1 is 1.18 bits per heavy atom. The molecule has 1 atom stereocenters. The molecule has 0 saturated heterocycles. The number of ether oxygens (including phenoxy) is 2. The maximum atomic E-state index is 13.0. The van der Waals surface area contributed by atoms with Crippen molar-refractivity contribution in [3.8, 4) is 11.5 Å². The molecule has 142 valence electrons. The number of anilines is 1. The highest BCUT2D eigenvalue weighted by Crippen LogP contribution is 2.29. The number of hydrogen-bond acceptors (Lipinski definition) is 5. The molecule has 7 nitrogen and oxygen atoms in total. The molecule has 1 aliphatic rings. The summed E-state index contributed by atoms with van der Waals surface area (Å²) >= 11 is 0. The normalized spacial score (nSPS) is 14.0. The molecule has 0 saturated carbocycles. The van der Waals surface area contributed by atoms with Gasteiger partial charge in [-0.2, -0.15) is 0 Å². The van der Waals surface area contributed by atoms with E-state index in [2.05, 4.69) is 5.32 Å². The van der Waals surface area contributed by atoms with Crippen LogP contribution in [0.25, 0.3) is 10.8 Å². The fraction of sp³-hybridized carbons (Fsp3) is 0.190. The van der Waals surface area contributed by atoms with Gasteiger partial charge in [-0.25, -0.2) is 0 Å². The summed E-state index contributed by atoms with van der Waals surface area (Å²) in [5.41, 5.74) is 0.585. The summed E-state index contributed by atoms with van der Waals surface area (Å²) in [6.45, 7) is 1.63. The lowest BCUT2D eigenvalue weighted by molar-refractivity contribution is -0.118. The van der Waals surface area contributed by atoms with Crippen molar-refractivity contribution in [2.24, 2.45) is 0 Å². The molecule has 4 rings (SSSR count). The number of methoxy groups -OCH3 is 1. The van der Waals surface area contributed by atoms with Gasteiger partial charge in [-0.1, -0.05) is 0 Å². The van der Waals surface area contributed by atoms with Crippen molar-refractivity contribution >= 4 is 28.2 Å². The van der Waals surface area contributed by atoms with Gasteiger partial charge >= 0.3 is 0 Å². The molecule has 1 amide bonds. The Hall–Kier alpha value is -3.61. The zero-order valence-electron chi connectivity index (χ0n) is 15.4. The smallest absolute Gasteiger partial charge is 0.262 e. The van der Waals surface area contributed by atoms with E-state index in [1.807, 2.05) is 0 Å². The lowest BCUT2D eigenvalue weighted by Gasteiger charge is -2.20. The minimum absolute atomic E-state index is 0.0477. The third kappa shape index (κ3) is 3.00. The fourth-order valence-corrected chi connectivity index (χ4v) is 3.28. The minimum Gasteiger partial charge on any atom is -0.497 e. The Morgan fingerprint density at radius 3 is 2.79 bits per heavy atom. The first-order chi connectivity index (χ1) is 13.5. The molecule has 1 N–H and O–H groups in total. The molecule has 3 aromatic rings. The Bertz CT molecular complexity index is 1170. The third-order valence-corrected chi connectivity index (χ3v) is 4.83. The van der Waals surface area contributed by atoms with Crippen LogP contribution in [0, 0.1) is 0 Å². The van der Waals surface area contributed by atoms with Crippen molar-refractivity contribution in [1.29, 1.82) is 0 Å². The highest BCUT2D eigenvalue weighted by atomic mass is 16.5. The number of benzene rings is 2. The second kappa shape index (κ2) is 6.84. The van der Waals surface area contributed by atoms with Crippen molar-refractivity contribution in [3.05, 3.63) is 64.6 Å². The van der Waals surface area contributed by atoms with E-state index in [0.29, 0.717) is 28.1 Å². The van der Waals surface area contributed by atoms with Crippen molar-refractivity contribution in [3.63, 3.8) is 0 Å². The molecule has 0 aliphatic carbocycles. The summed E-state index contributed by atoms with van der Waals surface area (Å²) in [7, 11) is 1.56. The Labute approximate surface area is 160 Å². The number of pyridine rings is 1. The fourth-order valence-electron chi connectivity index (χ4n) is 3.28. The largest absolute Gasteiger partial charge is 0.497 e. The lowest BCUT2D eigenvalue weighted by Crippen LogP contribution is -2.28. The van der Waals surface area contributed by atoms with Crippen molar-refractivity contribution in [2.75, 3.05) is 19.0 Å². The summed E-state index contributed by atoms with van der Waals surface area (Å²) in [5, 5.41) is 3.94. The van der Waals surface area contributed by atoms with Gasteiger partial charge in [-0.05, 0) is 54.8 Å². The number of ketones is 1. The van der Waals surface area contributed by atoms with E-state index in [1.165, 1.54) is 4.57 Å². The molecule has 0 fully saturated rings. The van der Waals surface area contributed by atoms with Crippen LogP contribution in [-0.4, -0.2) is 30.0 Å². The first-order valence-corrected chi connectivity index (χ1v) is 8.78. The highest BCUT2D eigenvalue weighted by Gasteiger charge is 2.22. The van der Waals surface area contributed by atoms with Crippen LogP contribution < -0.4 is 20.3 Å². The zero-order chi connectivity index (χ0) is 19.8. The van der Waals surface area contributed by atoms with Crippen LogP contribution in [0.3, 0.4) is 0 Å². The van der Waals surface area contributed by atoms with Crippen LogP contribution in [0.4, 0.5) is 5.69 Å². The SMILES string of the molecule is COc1ccc2c(=O)n(C(C)C(=O)c3ccc4c(c3)NC(=O)CO4)ccc2c1. The number of aromatic nitrogens is 1. The molecule has 2 heterocycles. The maximum absolute atomic E-state index is 13.0. The second-order valence-corrected chi connectivity index (χ2v) is 6.57. The molecule has 2 aromatic carbocycles. The van der Waals surface area contributed by atoms with E-state index in [1.54, 1.807) is 62.7 Å². The molecule has 0 spiro atoms. The van der Waals surface area contributed by atoms with Crippen molar-refractivity contribution in [2.45, 2.75) is 13.0 Å². The van der Waals surface area contributed by atoms with Gasteiger partial charge in [0.1, 0.15) is 11.5 Å². The minimum atomic E-state index is -0.711. The standard InChI is InChI=1S/C21H18N2O5/c1-12(20(25)14-3-6-18-17(10-14)22-19(24)11-28-18)23-8-7-13-9-15(27-2)4-5-16(13)21(23)26/h3-10,12H,11H2,1-2H3,(H,22,24). The van der Waals surface area contributed by atoms with Gasteiger partial charge in [0.15, 0.2) is 12.4 Å². The predicted octanol–water partition coefficient (Wildman–Crippen LogP) is 2.78. The lowest BCUT2D eigenvalue weighted by atomic mass is 10.0. The molecule has 28 heavy (non-hydrogen) atoms. The number of nitrogens with zero attached hydrogens (tertiary/aromatic N) is 1. The first kappa shape index (κ1) is 17.8. The van der Waals surface area contributed by atoms with Gasteiger partial charge in [0.05, 0.1) is 18.8 Å². The quantitative estimate of drug-likeness (QED) is 0.706. The molecule has 0 bridgehead atoms. The molecular formula is C21H18N2O5. The number of rotatable bonds is 4. The van der Waals surface area contributed by atoms with Crippen LogP contribution in [0.5, 0.6) is 11.5 Å². The molecule has 7 heteroatoms. The van der Waals surface area contributed by atoms with Crippen LogP contribution in [-0.2, 0) is 4.79 Å². The number of amides is 1. The molecule has 1 unspecified atom stereocenters. The van der Waals surface area contributed by atoms with E-state index < -0.39 is 6.04 Å². The second-order valence-electron chi connectivity index (χ2n) is 6.57. The van der Waals surface area contributed by atoms with Gasteiger partial charge in [0, 0.05) is 17.1 Å². The number of hydrogen-bond donors (Lipinski definition) is 1. The van der Waals surface area contributed by atoms with Gasteiger partial charge in [-0.3, -0.25) is 14.4 Å². The first-order valence-electron chi connectivity index (χ1n) is 8.78. The van der Waals surface area contributed by atoms with E-state index in [4.69, 9.17) is 9.47 Å². The monoisotopic (exact) mass is 378 g/mol. The summed E-state index contributed by atoms with van der Waals surface area (Å²) in [6.07, 6.45) is 1.61. The van der Waals surface area contributed by atoms with E-state index >= 15 is 0 Å². The molecular weight excluding hydrogens is 360 g/mol. The van der Waals surface area contributed by atoms with Crippen molar-refractivity contribution in [1.82, 2.24) is 4.57 Å². The third-order valence-electron chi connectivity index (χ3n) is 4.83. The number of nitrogens with one attached hydrogen (secondary N) is 1. The summed E-state index contributed by atoms with van der Waals surface area (Å²) in [4.78, 5) is 37.3. The summed E-state index contributed by atoms with van der Waals surface area (Å²) in [5.74, 6) is 0.664. The zero-order valence-corrected chi connectivity index (χ0v) is 15.4. The number of Topliss-reactive ketones (excluding diaryl/α,β-unsaturated/α-hetero) is 1. The molecule has 1 aromatic heterocycles. The van der Waals surface area contributed by atoms with Crippen LogP contribution in [0.1, 0.15) is 23.3 Å². The van der Waals surface area contributed by atoms with Crippen LogP contribution in [0.15, 0.2) is 53.5 Å². The van der Waals surface area contributed by atoms with Gasteiger partial charge < -0.3 is 19.4 Å². The predicted molar refractivity (Wildman–Crippen MR) is 104 cm³/mol. The average molecular weight is 378 g/mol. The number of fused-ring (bicyclic) bond motifs is 2. The van der Waals surface area contributed by atoms with E-state index in [0.717, 1.165) is 5.39 Å². The van der Waals surface area contributed by atoms with Crippen molar-refractivity contribution < 1.29 is 19.1 Å². The van der Waals surface area contributed by atoms with Gasteiger partial charge in [0.25, 0.3) is 11.5 Å². The van der Waals surface area contributed by atoms with Crippen LogP contribution in [0.2, 0.25) is 0 Å². The summed E-state index contributed by atoms with van der Waals surface area (Å²) < 4.78 is 11.9. The number of carbonyl (C=O) groups is 2. The van der Waals surface area contributed by atoms with Crippen LogP contribution >= 0.6 is 0 Å². The Kier molecular flexibility index (Phi) is 4.35. The average Bonchev–Trinajstić information content (AvgIpc) is 2.72. The molecule has 0 radical (unpaired) electrons. The number of carbonyl (C=O) groups excluding carboxylic acids is 2. The Morgan fingerprint density at radius 2 is 2.00 bits per heavy atom. The van der Waals surface area contributed by atoms with Gasteiger partial charge in [0.2, 0.25) is 0 Å². The topological polar surface area (TPSA) is 86.6 Å².